The van der Waals surface area contributed by atoms with Gasteiger partial charge in [-0.3, -0.25) is 9.59 Å². The number of fused-ring (bicyclic) bond motifs is 2. The molecule has 154 valence electrons. The molecule has 5 unspecified atom stereocenters. The summed E-state index contributed by atoms with van der Waals surface area (Å²) in [6.45, 7) is 7.46. The SMILES string of the molecule is CCCCOC(C)OC(=O)CCCCCN(C)C(=O)C1C2C=CC(C2)C1C. The molecule has 0 aromatic carbocycles. The van der Waals surface area contributed by atoms with E-state index in [2.05, 4.69) is 26.0 Å². The first-order valence-electron chi connectivity index (χ1n) is 10.7. The van der Waals surface area contributed by atoms with Gasteiger partial charge in [0.15, 0.2) is 6.29 Å². The van der Waals surface area contributed by atoms with Crippen LogP contribution in [-0.2, 0) is 19.1 Å². The normalized spacial score (nSPS) is 27.0. The number of esters is 1. The maximum Gasteiger partial charge on any atom is 0.308 e. The maximum atomic E-state index is 12.8. The van der Waals surface area contributed by atoms with Crippen LogP contribution in [0.1, 0.15) is 65.7 Å². The first-order chi connectivity index (χ1) is 12.9. The third-order valence-corrected chi connectivity index (χ3v) is 6.04. The van der Waals surface area contributed by atoms with Crippen LogP contribution in [0, 0.1) is 23.7 Å². The fraction of sp³-hybridized carbons (Fsp3) is 0.818. The molecular weight excluding hydrogens is 342 g/mol. The zero-order valence-corrected chi connectivity index (χ0v) is 17.5. The van der Waals surface area contributed by atoms with Crippen LogP contribution in [0.2, 0.25) is 0 Å². The number of unbranched alkanes of at least 4 members (excludes halogenated alkanes) is 3. The molecule has 27 heavy (non-hydrogen) atoms. The zero-order valence-electron chi connectivity index (χ0n) is 17.5. The molecule has 2 bridgehead atoms. The van der Waals surface area contributed by atoms with E-state index < -0.39 is 6.29 Å². The Morgan fingerprint density at radius 1 is 1.15 bits per heavy atom. The minimum absolute atomic E-state index is 0.161. The van der Waals surface area contributed by atoms with Crippen LogP contribution >= 0.6 is 0 Å². The molecule has 0 aliphatic heterocycles. The van der Waals surface area contributed by atoms with Gasteiger partial charge in [-0.15, -0.1) is 0 Å². The average molecular weight is 380 g/mol. The minimum atomic E-state index is -0.467. The number of carbonyl (C=O) groups is 2. The fourth-order valence-corrected chi connectivity index (χ4v) is 4.31. The zero-order chi connectivity index (χ0) is 19.8. The van der Waals surface area contributed by atoms with E-state index in [0.29, 0.717) is 30.8 Å². The summed E-state index contributed by atoms with van der Waals surface area (Å²) in [6.07, 6.45) is 10.3. The Hall–Kier alpha value is -1.36. The Kier molecular flexibility index (Phi) is 8.81. The van der Waals surface area contributed by atoms with Gasteiger partial charge < -0.3 is 14.4 Å². The van der Waals surface area contributed by atoms with E-state index in [1.165, 1.54) is 0 Å². The molecule has 0 radical (unpaired) electrons. The second kappa shape index (κ2) is 10.8. The predicted molar refractivity (Wildman–Crippen MR) is 106 cm³/mol. The summed E-state index contributed by atoms with van der Waals surface area (Å²) in [4.78, 5) is 26.4. The lowest BCUT2D eigenvalue weighted by Gasteiger charge is -2.28. The molecule has 2 rings (SSSR count). The number of hydrogen-bond donors (Lipinski definition) is 0. The first-order valence-corrected chi connectivity index (χ1v) is 10.7. The predicted octanol–water partition coefficient (Wildman–Crippen LogP) is 4.17. The van der Waals surface area contributed by atoms with Crippen molar-refractivity contribution in [3.8, 4) is 0 Å². The van der Waals surface area contributed by atoms with E-state index >= 15 is 0 Å². The van der Waals surface area contributed by atoms with Crippen molar-refractivity contribution in [2.24, 2.45) is 23.7 Å². The van der Waals surface area contributed by atoms with Crippen LogP contribution in [0.3, 0.4) is 0 Å². The Bertz CT molecular complexity index is 518. The Morgan fingerprint density at radius 2 is 1.89 bits per heavy atom. The Balaban J connectivity index is 1.55. The molecule has 2 aliphatic rings. The number of allylic oxidation sites excluding steroid dienone is 2. The van der Waals surface area contributed by atoms with Gasteiger partial charge in [0.1, 0.15) is 0 Å². The quantitative estimate of drug-likeness (QED) is 0.221. The van der Waals surface area contributed by atoms with Crippen LogP contribution in [0.25, 0.3) is 0 Å². The highest BCUT2D eigenvalue weighted by Gasteiger charge is 2.46. The summed E-state index contributed by atoms with van der Waals surface area (Å²) in [5.41, 5.74) is 0. The van der Waals surface area contributed by atoms with Crippen LogP contribution in [0.4, 0.5) is 0 Å². The topological polar surface area (TPSA) is 55.8 Å². The molecule has 5 heteroatoms. The molecular formula is C22H37NO4. The van der Waals surface area contributed by atoms with Crippen molar-refractivity contribution in [2.75, 3.05) is 20.2 Å². The molecule has 0 aromatic rings. The number of rotatable bonds is 12. The van der Waals surface area contributed by atoms with Crippen molar-refractivity contribution >= 4 is 11.9 Å². The number of amides is 1. The second-order valence-corrected chi connectivity index (χ2v) is 8.19. The summed E-state index contributed by atoms with van der Waals surface area (Å²) in [5, 5.41) is 0. The molecule has 0 saturated heterocycles. The molecule has 0 aromatic heterocycles. The van der Waals surface area contributed by atoms with Crippen molar-refractivity contribution in [3.05, 3.63) is 12.2 Å². The van der Waals surface area contributed by atoms with Gasteiger partial charge in [0.05, 0.1) is 6.61 Å². The van der Waals surface area contributed by atoms with Crippen LogP contribution in [0.5, 0.6) is 0 Å². The molecule has 0 spiro atoms. The second-order valence-electron chi connectivity index (χ2n) is 8.19. The first kappa shape index (κ1) is 21.9. The third kappa shape index (κ3) is 6.34. The van der Waals surface area contributed by atoms with Crippen molar-refractivity contribution in [1.82, 2.24) is 4.90 Å². The number of ether oxygens (including phenoxy) is 2. The van der Waals surface area contributed by atoms with Gasteiger partial charge >= 0.3 is 5.97 Å². The molecule has 2 aliphatic carbocycles. The van der Waals surface area contributed by atoms with Crippen LogP contribution in [0.15, 0.2) is 12.2 Å². The van der Waals surface area contributed by atoms with E-state index in [9.17, 15) is 9.59 Å². The lowest BCUT2D eigenvalue weighted by Crippen LogP contribution is -2.38. The highest BCUT2D eigenvalue weighted by Crippen LogP contribution is 2.48. The molecule has 0 heterocycles. The summed E-state index contributed by atoms with van der Waals surface area (Å²) < 4.78 is 10.7. The maximum absolute atomic E-state index is 12.8. The standard InChI is InChI=1S/C22H37NO4/c1-5-6-14-26-17(3)27-20(24)10-8-7-9-13-23(4)22(25)21-16(2)18-11-12-19(21)15-18/h11-12,16-19,21H,5-10,13-15H2,1-4H3. The van der Waals surface area contributed by atoms with Gasteiger partial charge in [-0.2, -0.15) is 0 Å². The molecule has 5 nitrogen and oxygen atoms in total. The highest BCUT2D eigenvalue weighted by atomic mass is 16.7. The van der Waals surface area contributed by atoms with E-state index in [4.69, 9.17) is 9.47 Å². The summed E-state index contributed by atoms with van der Waals surface area (Å²) in [7, 11) is 1.91. The van der Waals surface area contributed by atoms with Gasteiger partial charge in [0.2, 0.25) is 5.91 Å². The lowest BCUT2D eigenvalue weighted by molar-refractivity contribution is -0.175. The van der Waals surface area contributed by atoms with Crippen molar-refractivity contribution in [1.29, 1.82) is 0 Å². The monoisotopic (exact) mass is 379 g/mol. The van der Waals surface area contributed by atoms with Crippen molar-refractivity contribution < 1.29 is 19.1 Å². The van der Waals surface area contributed by atoms with Crippen molar-refractivity contribution in [3.63, 3.8) is 0 Å². The van der Waals surface area contributed by atoms with Crippen LogP contribution in [-0.4, -0.2) is 43.3 Å². The van der Waals surface area contributed by atoms with E-state index in [-0.39, 0.29) is 17.8 Å². The molecule has 1 fully saturated rings. The van der Waals surface area contributed by atoms with E-state index in [1.807, 2.05) is 11.9 Å². The minimum Gasteiger partial charge on any atom is -0.436 e. The number of carbonyl (C=O) groups excluding carboxylic acids is 2. The molecule has 0 N–H and O–H groups in total. The van der Waals surface area contributed by atoms with E-state index in [0.717, 1.165) is 45.1 Å². The number of hydrogen-bond acceptors (Lipinski definition) is 4. The summed E-state index contributed by atoms with van der Waals surface area (Å²) >= 11 is 0. The fourth-order valence-electron chi connectivity index (χ4n) is 4.31. The van der Waals surface area contributed by atoms with Gasteiger partial charge in [0, 0.05) is 25.9 Å². The Morgan fingerprint density at radius 3 is 2.56 bits per heavy atom. The molecule has 1 saturated carbocycles. The van der Waals surface area contributed by atoms with Crippen LogP contribution < -0.4 is 0 Å². The largest absolute Gasteiger partial charge is 0.436 e. The smallest absolute Gasteiger partial charge is 0.308 e. The number of nitrogens with zero attached hydrogens (tertiary/aromatic N) is 1. The highest BCUT2D eigenvalue weighted by molar-refractivity contribution is 5.80. The van der Waals surface area contributed by atoms with Gasteiger partial charge in [0.25, 0.3) is 0 Å². The Labute approximate surface area is 164 Å². The van der Waals surface area contributed by atoms with E-state index in [1.54, 1.807) is 6.92 Å². The summed E-state index contributed by atoms with van der Waals surface area (Å²) in [5.74, 6) is 1.75. The van der Waals surface area contributed by atoms with Gasteiger partial charge in [-0.25, -0.2) is 0 Å². The summed E-state index contributed by atoms with van der Waals surface area (Å²) in [6, 6.07) is 0. The van der Waals surface area contributed by atoms with Gasteiger partial charge in [-0.05, 0) is 50.4 Å². The average Bonchev–Trinajstić information content (AvgIpc) is 3.22. The van der Waals surface area contributed by atoms with Gasteiger partial charge in [-0.1, -0.05) is 38.8 Å². The lowest BCUT2D eigenvalue weighted by atomic mass is 9.83. The molecule has 5 atom stereocenters. The molecule has 1 amide bonds. The third-order valence-electron chi connectivity index (χ3n) is 6.04. The van der Waals surface area contributed by atoms with Crippen molar-refractivity contribution in [2.45, 2.75) is 72.0 Å².